The van der Waals surface area contributed by atoms with E-state index in [0.717, 1.165) is 13.0 Å². The Kier molecular flexibility index (Phi) is 3.75. The molecular formula is C14H18O2. The first-order valence-corrected chi connectivity index (χ1v) is 5.79. The van der Waals surface area contributed by atoms with E-state index in [1.165, 1.54) is 11.1 Å². The van der Waals surface area contributed by atoms with Gasteiger partial charge in [0.1, 0.15) is 0 Å². The average molecular weight is 218 g/mol. The highest BCUT2D eigenvalue weighted by molar-refractivity contribution is 5.30. The molecule has 2 nitrogen and oxygen atoms in total. The number of hydrogen-bond donors (Lipinski definition) is 1. The van der Waals surface area contributed by atoms with Gasteiger partial charge >= 0.3 is 0 Å². The molecule has 1 aromatic carbocycles. The Hall–Kier alpha value is -1.12. The van der Waals surface area contributed by atoms with E-state index in [1.54, 1.807) is 6.08 Å². The molecule has 1 N–H and O–H groups in total. The second kappa shape index (κ2) is 5.28. The van der Waals surface area contributed by atoms with Gasteiger partial charge in [0.2, 0.25) is 0 Å². The molecule has 0 spiro atoms. The lowest BCUT2D eigenvalue weighted by Gasteiger charge is -2.27. The fourth-order valence-corrected chi connectivity index (χ4v) is 2.21. The van der Waals surface area contributed by atoms with Gasteiger partial charge in [0.25, 0.3) is 0 Å². The lowest BCUT2D eigenvalue weighted by Crippen LogP contribution is -2.20. The summed E-state index contributed by atoms with van der Waals surface area (Å²) in [5.41, 5.74) is 2.58. The Balaban J connectivity index is 2.09. The van der Waals surface area contributed by atoms with Gasteiger partial charge in [-0.15, -0.1) is 6.58 Å². The summed E-state index contributed by atoms with van der Waals surface area (Å²) in [5, 5.41) is 9.78. The summed E-state index contributed by atoms with van der Waals surface area (Å²) in [6.45, 7) is 4.39. The van der Waals surface area contributed by atoms with Crippen LogP contribution in [0.15, 0.2) is 36.9 Å². The smallest absolute Gasteiger partial charge is 0.0852 e. The SMILES string of the molecule is C=CCC(O)CC1OCCc2ccccc21. The molecule has 16 heavy (non-hydrogen) atoms. The van der Waals surface area contributed by atoms with E-state index in [9.17, 15) is 5.11 Å². The average Bonchev–Trinajstić information content (AvgIpc) is 2.30. The quantitative estimate of drug-likeness (QED) is 0.787. The molecule has 0 aliphatic carbocycles. The summed E-state index contributed by atoms with van der Waals surface area (Å²) < 4.78 is 5.73. The second-order valence-corrected chi connectivity index (χ2v) is 4.22. The zero-order valence-electron chi connectivity index (χ0n) is 9.43. The molecular weight excluding hydrogens is 200 g/mol. The molecule has 0 amide bonds. The van der Waals surface area contributed by atoms with Gasteiger partial charge in [0.05, 0.1) is 18.8 Å². The van der Waals surface area contributed by atoms with E-state index < -0.39 is 0 Å². The molecule has 1 heterocycles. The summed E-state index contributed by atoms with van der Waals surface area (Å²) in [4.78, 5) is 0. The van der Waals surface area contributed by atoms with E-state index in [4.69, 9.17) is 4.74 Å². The van der Waals surface area contributed by atoms with Crippen LogP contribution in [-0.2, 0) is 11.2 Å². The maximum atomic E-state index is 9.78. The third-order valence-corrected chi connectivity index (χ3v) is 3.02. The first kappa shape index (κ1) is 11.4. The van der Waals surface area contributed by atoms with Crippen LogP contribution in [0, 0.1) is 0 Å². The zero-order valence-corrected chi connectivity index (χ0v) is 9.43. The molecule has 1 aliphatic heterocycles. The Labute approximate surface area is 96.6 Å². The van der Waals surface area contributed by atoms with Crippen molar-refractivity contribution in [3.8, 4) is 0 Å². The van der Waals surface area contributed by atoms with Gasteiger partial charge in [-0.05, 0) is 24.0 Å². The van der Waals surface area contributed by atoms with E-state index in [-0.39, 0.29) is 12.2 Å². The summed E-state index contributed by atoms with van der Waals surface area (Å²) in [7, 11) is 0. The summed E-state index contributed by atoms with van der Waals surface area (Å²) in [6, 6.07) is 8.33. The first-order chi connectivity index (χ1) is 7.81. The fourth-order valence-electron chi connectivity index (χ4n) is 2.21. The minimum Gasteiger partial charge on any atom is -0.393 e. The van der Waals surface area contributed by atoms with Crippen LogP contribution in [0.5, 0.6) is 0 Å². The highest BCUT2D eigenvalue weighted by Gasteiger charge is 2.22. The molecule has 1 aliphatic rings. The molecule has 2 atom stereocenters. The molecule has 0 aromatic heterocycles. The topological polar surface area (TPSA) is 29.5 Å². The Morgan fingerprint density at radius 3 is 3.12 bits per heavy atom. The van der Waals surface area contributed by atoms with Crippen molar-refractivity contribution in [3.05, 3.63) is 48.0 Å². The van der Waals surface area contributed by atoms with E-state index in [1.807, 2.05) is 6.07 Å². The van der Waals surface area contributed by atoms with Crippen LogP contribution in [-0.4, -0.2) is 17.8 Å². The predicted octanol–water partition coefficient (Wildman–Crippen LogP) is 2.63. The molecule has 0 fully saturated rings. The molecule has 86 valence electrons. The van der Waals surface area contributed by atoms with Crippen molar-refractivity contribution in [2.45, 2.75) is 31.5 Å². The minimum atomic E-state index is -0.353. The van der Waals surface area contributed by atoms with Crippen molar-refractivity contribution in [2.75, 3.05) is 6.61 Å². The number of hydrogen-bond acceptors (Lipinski definition) is 2. The monoisotopic (exact) mass is 218 g/mol. The third-order valence-electron chi connectivity index (χ3n) is 3.02. The number of aliphatic hydroxyl groups is 1. The molecule has 0 radical (unpaired) electrons. The number of aliphatic hydroxyl groups excluding tert-OH is 1. The van der Waals surface area contributed by atoms with Crippen LogP contribution in [0.4, 0.5) is 0 Å². The van der Waals surface area contributed by atoms with Crippen molar-refractivity contribution in [1.29, 1.82) is 0 Å². The number of fused-ring (bicyclic) bond motifs is 1. The molecule has 0 saturated heterocycles. The number of ether oxygens (including phenoxy) is 1. The van der Waals surface area contributed by atoms with Gasteiger partial charge in [-0.2, -0.15) is 0 Å². The number of benzene rings is 1. The Morgan fingerprint density at radius 2 is 2.31 bits per heavy atom. The van der Waals surface area contributed by atoms with Gasteiger partial charge < -0.3 is 9.84 Å². The molecule has 0 bridgehead atoms. The summed E-state index contributed by atoms with van der Waals surface area (Å²) in [6.07, 6.45) is 3.70. The maximum Gasteiger partial charge on any atom is 0.0852 e. The van der Waals surface area contributed by atoms with Crippen LogP contribution < -0.4 is 0 Å². The van der Waals surface area contributed by atoms with Gasteiger partial charge in [0.15, 0.2) is 0 Å². The Bertz CT molecular complexity index is 360. The maximum absolute atomic E-state index is 9.78. The summed E-state index contributed by atoms with van der Waals surface area (Å²) in [5.74, 6) is 0. The van der Waals surface area contributed by atoms with Crippen LogP contribution in [0.3, 0.4) is 0 Å². The minimum absolute atomic E-state index is 0.0416. The van der Waals surface area contributed by atoms with Gasteiger partial charge in [0, 0.05) is 6.42 Å². The van der Waals surface area contributed by atoms with Crippen molar-refractivity contribution in [1.82, 2.24) is 0 Å². The molecule has 2 unspecified atom stereocenters. The van der Waals surface area contributed by atoms with Crippen molar-refractivity contribution < 1.29 is 9.84 Å². The fraction of sp³-hybridized carbons (Fsp3) is 0.429. The predicted molar refractivity (Wildman–Crippen MR) is 64.3 cm³/mol. The van der Waals surface area contributed by atoms with Gasteiger partial charge in [-0.1, -0.05) is 30.3 Å². The zero-order chi connectivity index (χ0) is 11.4. The van der Waals surface area contributed by atoms with Gasteiger partial charge in [-0.25, -0.2) is 0 Å². The van der Waals surface area contributed by atoms with Crippen molar-refractivity contribution >= 4 is 0 Å². The lowest BCUT2D eigenvalue weighted by atomic mass is 9.94. The molecule has 1 aromatic rings. The summed E-state index contributed by atoms with van der Waals surface area (Å²) >= 11 is 0. The third kappa shape index (κ3) is 2.52. The number of rotatable bonds is 4. The first-order valence-electron chi connectivity index (χ1n) is 5.79. The van der Waals surface area contributed by atoms with Crippen LogP contribution in [0.1, 0.15) is 30.1 Å². The lowest BCUT2D eigenvalue weighted by molar-refractivity contribution is 0.00515. The standard InChI is InChI=1S/C14H18O2/c1-2-5-12(15)10-14-13-7-4-3-6-11(13)8-9-16-14/h2-4,6-7,12,14-15H,1,5,8-10H2. The van der Waals surface area contributed by atoms with Crippen molar-refractivity contribution in [3.63, 3.8) is 0 Å². The second-order valence-electron chi connectivity index (χ2n) is 4.22. The van der Waals surface area contributed by atoms with Crippen LogP contribution >= 0.6 is 0 Å². The largest absolute Gasteiger partial charge is 0.393 e. The van der Waals surface area contributed by atoms with Gasteiger partial charge in [-0.3, -0.25) is 0 Å². The van der Waals surface area contributed by atoms with Crippen LogP contribution in [0.2, 0.25) is 0 Å². The molecule has 0 saturated carbocycles. The molecule has 2 heteroatoms. The molecule has 2 rings (SSSR count). The normalized spacial score (nSPS) is 21.2. The van der Waals surface area contributed by atoms with Crippen molar-refractivity contribution in [2.24, 2.45) is 0 Å². The van der Waals surface area contributed by atoms with Crippen LogP contribution in [0.25, 0.3) is 0 Å². The highest BCUT2D eigenvalue weighted by Crippen LogP contribution is 2.30. The van der Waals surface area contributed by atoms with E-state index in [2.05, 4.69) is 24.8 Å². The Morgan fingerprint density at radius 1 is 1.50 bits per heavy atom. The van der Waals surface area contributed by atoms with E-state index in [0.29, 0.717) is 12.8 Å². The highest BCUT2D eigenvalue weighted by atomic mass is 16.5. The van der Waals surface area contributed by atoms with E-state index >= 15 is 0 Å².